The predicted octanol–water partition coefficient (Wildman–Crippen LogP) is 14.7. The molecule has 2 aromatic heterocycles. The van der Waals surface area contributed by atoms with Crippen molar-refractivity contribution >= 4 is 44.6 Å². The van der Waals surface area contributed by atoms with Gasteiger partial charge in [0.1, 0.15) is 11.6 Å². The molecule has 3 heterocycles. The molecule has 1 aliphatic rings. The first-order valence-electron chi connectivity index (χ1n) is 20.6. The minimum atomic E-state index is -0.294. The van der Waals surface area contributed by atoms with Gasteiger partial charge in [0.2, 0.25) is 0 Å². The maximum atomic E-state index is 15.6. The zero-order chi connectivity index (χ0) is 42.1. The second-order valence-electron chi connectivity index (χ2n) is 18.9. The fourth-order valence-electron chi connectivity index (χ4n) is 7.97. The molecule has 0 saturated heterocycles. The molecule has 7 heteroatoms. The molecular formula is C54H50FN4OPt-3. The van der Waals surface area contributed by atoms with Crippen molar-refractivity contribution in [3.8, 4) is 28.4 Å². The topological polar surface area (TPSA) is 33.5 Å². The Morgan fingerprint density at radius 3 is 1.98 bits per heavy atom. The molecule has 0 atom stereocenters. The van der Waals surface area contributed by atoms with E-state index < -0.39 is 0 Å². The summed E-state index contributed by atoms with van der Waals surface area (Å²) in [4.78, 5) is 9.24. The van der Waals surface area contributed by atoms with Crippen LogP contribution < -0.4 is 14.5 Å². The molecule has 0 bridgehead atoms. The third kappa shape index (κ3) is 7.99. The Morgan fingerprint density at radius 2 is 1.28 bits per heavy atom. The largest absolute Gasteiger partial charge is 0.509 e. The first-order chi connectivity index (χ1) is 28.5. The number of hydrogen-bond donors (Lipinski definition) is 0. The number of halogens is 1. The Hall–Kier alpha value is -5.71. The zero-order valence-electron chi connectivity index (χ0n) is 36.2. The van der Waals surface area contributed by atoms with Crippen molar-refractivity contribution in [2.75, 3.05) is 9.80 Å². The Labute approximate surface area is 374 Å². The van der Waals surface area contributed by atoms with E-state index in [9.17, 15) is 0 Å². The summed E-state index contributed by atoms with van der Waals surface area (Å²) in [5.74, 6) is 1.42. The third-order valence-electron chi connectivity index (χ3n) is 11.5. The van der Waals surface area contributed by atoms with Crippen LogP contribution in [0.25, 0.3) is 38.8 Å². The zero-order valence-corrected chi connectivity index (χ0v) is 38.4. The fourth-order valence-corrected chi connectivity index (χ4v) is 7.97. The van der Waals surface area contributed by atoms with Crippen LogP contribution in [0.5, 0.6) is 11.5 Å². The number of benzene rings is 6. The van der Waals surface area contributed by atoms with E-state index in [4.69, 9.17) is 9.72 Å². The fraction of sp³-hybridized carbons (Fsp3) is 0.222. The van der Waals surface area contributed by atoms with E-state index in [-0.39, 0.29) is 43.1 Å². The smallest absolute Gasteiger partial charge is 0.135 e. The Morgan fingerprint density at radius 1 is 0.590 bits per heavy atom. The molecule has 0 N–H and O–H groups in total. The Kier molecular flexibility index (Phi) is 10.8. The summed E-state index contributed by atoms with van der Waals surface area (Å²) >= 11 is 0. The maximum Gasteiger partial charge on any atom is 0.135 e. The minimum Gasteiger partial charge on any atom is -0.509 e. The van der Waals surface area contributed by atoms with Gasteiger partial charge in [-0.3, -0.25) is 0 Å². The van der Waals surface area contributed by atoms with E-state index in [2.05, 4.69) is 164 Å². The number of hydrogen-bond acceptors (Lipinski definition) is 4. The van der Waals surface area contributed by atoms with E-state index >= 15 is 4.39 Å². The number of aromatic nitrogens is 2. The van der Waals surface area contributed by atoms with Gasteiger partial charge in [-0.25, -0.2) is 9.37 Å². The number of fused-ring (bicyclic) bond motifs is 4. The standard InChI is InChI=1S/C54H50FN4O.Pt/c1-52(2,3)37-25-26-56-50(31-37)59-47-20-14-19-45(55)51(47)44-23-22-43(33-48(44)59)60-42-18-13-17-40(32-42)57-34-58(41-29-38(53(4,5)6)28-39(30-41)54(7,8)9)46-24-21-36(27-49(46)57)35-15-11-10-12-16-35;/h10-31,34H,1-9H3;/q-3;. The van der Waals surface area contributed by atoms with Gasteiger partial charge in [0, 0.05) is 61.3 Å². The number of pyridine rings is 1. The van der Waals surface area contributed by atoms with Crippen molar-refractivity contribution in [3.63, 3.8) is 0 Å². The van der Waals surface area contributed by atoms with Gasteiger partial charge < -0.3 is 19.1 Å². The van der Waals surface area contributed by atoms with Gasteiger partial charge >= 0.3 is 0 Å². The summed E-state index contributed by atoms with van der Waals surface area (Å²) in [7, 11) is 0. The van der Waals surface area contributed by atoms with Crippen LogP contribution in [0.4, 0.5) is 27.1 Å². The second-order valence-corrected chi connectivity index (χ2v) is 18.9. The molecule has 0 radical (unpaired) electrons. The average Bonchev–Trinajstić information content (AvgIpc) is 3.76. The van der Waals surface area contributed by atoms with E-state index in [1.165, 1.54) is 17.2 Å². The third-order valence-corrected chi connectivity index (χ3v) is 11.5. The van der Waals surface area contributed by atoms with Gasteiger partial charge in [-0.15, -0.1) is 42.7 Å². The molecule has 1 aliphatic heterocycles. The van der Waals surface area contributed by atoms with Gasteiger partial charge in [-0.2, -0.15) is 12.1 Å². The number of ether oxygens (including phenoxy) is 1. The van der Waals surface area contributed by atoms with Crippen LogP contribution in [-0.4, -0.2) is 9.55 Å². The van der Waals surface area contributed by atoms with Gasteiger partial charge in [-0.05, 0) is 98.0 Å². The van der Waals surface area contributed by atoms with Crippen LogP contribution in [0.2, 0.25) is 0 Å². The van der Waals surface area contributed by atoms with Crippen LogP contribution in [0.1, 0.15) is 79.0 Å². The monoisotopic (exact) mass is 984 g/mol. The number of anilines is 4. The molecule has 6 aromatic carbocycles. The quantitative estimate of drug-likeness (QED) is 0.156. The molecule has 0 amide bonds. The van der Waals surface area contributed by atoms with Crippen LogP contribution in [-0.2, 0) is 37.3 Å². The van der Waals surface area contributed by atoms with Crippen molar-refractivity contribution in [3.05, 3.63) is 175 Å². The Balaban J connectivity index is 0.00000514. The van der Waals surface area contributed by atoms with E-state index in [0.29, 0.717) is 28.2 Å². The van der Waals surface area contributed by atoms with Gasteiger partial charge in [0.15, 0.2) is 0 Å². The van der Waals surface area contributed by atoms with Crippen LogP contribution in [0.3, 0.4) is 0 Å². The first kappa shape index (κ1) is 42.0. The molecule has 5 nitrogen and oxygen atoms in total. The summed E-state index contributed by atoms with van der Waals surface area (Å²) in [5, 5.41) is 1.26. The summed E-state index contributed by atoms with van der Waals surface area (Å²) in [6, 6.07) is 50.2. The summed E-state index contributed by atoms with van der Waals surface area (Å²) in [5.41, 5.74) is 11.2. The first-order valence-corrected chi connectivity index (χ1v) is 20.6. The summed E-state index contributed by atoms with van der Waals surface area (Å²) in [6.07, 6.45) is 1.82. The normalized spacial score (nSPS) is 13.1. The van der Waals surface area contributed by atoms with Gasteiger partial charge in [0.25, 0.3) is 0 Å². The van der Waals surface area contributed by atoms with E-state index in [0.717, 1.165) is 50.3 Å². The molecule has 0 fully saturated rings. The van der Waals surface area contributed by atoms with Gasteiger partial charge in [0.05, 0.1) is 0 Å². The van der Waals surface area contributed by atoms with E-state index in [1.54, 1.807) is 6.07 Å². The predicted molar refractivity (Wildman–Crippen MR) is 246 cm³/mol. The van der Waals surface area contributed by atoms with E-state index in [1.807, 2.05) is 53.2 Å². The van der Waals surface area contributed by atoms with Crippen molar-refractivity contribution in [2.24, 2.45) is 0 Å². The SMILES string of the molecule is CC(C)(C)c1cc(N2[CH-]N(c3[c-]c(Oc4[c-]c5c(cc4)c4c(F)cccc4n5-c4cc(C(C)(C)C)ccn4)ccc3)c3cc(-c4ccccc4)ccc32)cc(C(C)(C)C)c1.[Pt]. The van der Waals surface area contributed by atoms with Crippen LogP contribution in [0, 0.1) is 24.6 Å². The molecule has 9 rings (SSSR count). The molecule has 312 valence electrons. The molecule has 61 heavy (non-hydrogen) atoms. The van der Waals surface area contributed by atoms with Crippen molar-refractivity contribution < 1.29 is 30.2 Å². The molecule has 0 spiro atoms. The number of rotatable bonds is 6. The molecule has 8 aromatic rings. The van der Waals surface area contributed by atoms with Crippen molar-refractivity contribution in [1.29, 1.82) is 0 Å². The Bertz CT molecular complexity index is 2880. The molecule has 0 saturated carbocycles. The van der Waals surface area contributed by atoms with Crippen molar-refractivity contribution in [2.45, 2.75) is 78.6 Å². The summed E-state index contributed by atoms with van der Waals surface area (Å²) < 4.78 is 24.1. The van der Waals surface area contributed by atoms with Crippen LogP contribution in [0.15, 0.2) is 134 Å². The summed E-state index contributed by atoms with van der Waals surface area (Å²) in [6.45, 7) is 22.3. The number of nitrogens with zero attached hydrogens (tertiary/aromatic N) is 4. The van der Waals surface area contributed by atoms with Gasteiger partial charge in [-0.1, -0.05) is 122 Å². The minimum absolute atomic E-state index is 0. The molecule has 0 aliphatic carbocycles. The molecular weight excluding hydrogens is 935 g/mol. The molecule has 0 unspecified atom stereocenters. The van der Waals surface area contributed by atoms with Crippen LogP contribution >= 0.6 is 0 Å². The maximum absolute atomic E-state index is 15.6. The van der Waals surface area contributed by atoms with Crippen molar-refractivity contribution in [1.82, 2.24) is 9.55 Å². The second kappa shape index (κ2) is 15.6. The average molecular weight is 985 g/mol.